The molecule has 0 saturated heterocycles. The highest BCUT2D eigenvalue weighted by atomic mass is 16.5. The van der Waals surface area contributed by atoms with E-state index in [2.05, 4.69) is 23.5 Å². The molecule has 1 unspecified atom stereocenters. The van der Waals surface area contributed by atoms with Gasteiger partial charge in [-0.05, 0) is 39.0 Å². The van der Waals surface area contributed by atoms with Gasteiger partial charge in [-0.2, -0.15) is 5.10 Å². The molecule has 0 aliphatic heterocycles. The lowest BCUT2D eigenvalue weighted by Gasteiger charge is -2.21. The fraction of sp³-hybridized carbons (Fsp3) is 0.643. The van der Waals surface area contributed by atoms with Crippen molar-refractivity contribution in [1.82, 2.24) is 15.2 Å². The van der Waals surface area contributed by atoms with Crippen molar-refractivity contribution in [3.05, 3.63) is 23.5 Å². The molecule has 0 spiro atoms. The molecular weight excluding hydrogens is 240 g/mol. The smallest absolute Gasteiger partial charge is 0.161 e. The highest BCUT2D eigenvalue weighted by molar-refractivity contribution is 5.29. The van der Waals surface area contributed by atoms with E-state index >= 15 is 0 Å². The first-order valence-electron chi connectivity index (χ1n) is 7.03. The Morgan fingerprint density at radius 1 is 1.53 bits per heavy atom. The van der Waals surface area contributed by atoms with Crippen molar-refractivity contribution in [2.45, 2.75) is 51.6 Å². The number of hydrogen-bond acceptors (Lipinski definition) is 4. The van der Waals surface area contributed by atoms with Crippen molar-refractivity contribution >= 4 is 0 Å². The molecule has 5 heteroatoms. The number of aromatic nitrogens is 2. The van der Waals surface area contributed by atoms with Crippen molar-refractivity contribution in [3.63, 3.8) is 0 Å². The average Bonchev–Trinajstić information content (AvgIpc) is 2.88. The van der Waals surface area contributed by atoms with E-state index in [0.29, 0.717) is 0 Å². The topological polar surface area (TPSA) is 65.1 Å². The van der Waals surface area contributed by atoms with Crippen molar-refractivity contribution in [1.29, 1.82) is 0 Å². The molecule has 1 aliphatic carbocycles. The number of aryl methyl sites for hydroxylation is 1. The van der Waals surface area contributed by atoms with Gasteiger partial charge in [0.05, 0.1) is 25.0 Å². The molecule has 0 amide bonds. The summed E-state index contributed by atoms with van der Waals surface area (Å²) in [5.41, 5.74) is 5.45. The van der Waals surface area contributed by atoms with Crippen LogP contribution in [-0.4, -0.2) is 16.9 Å². The number of methoxy groups -OCH3 is 1. The maximum atomic E-state index is 5.75. The Balaban J connectivity index is 2.20. The van der Waals surface area contributed by atoms with Crippen molar-refractivity contribution in [2.75, 3.05) is 7.11 Å². The molecule has 106 valence electrons. The summed E-state index contributed by atoms with van der Waals surface area (Å²) in [4.78, 5) is 0. The van der Waals surface area contributed by atoms with E-state index in [-0.39, 0.29) is 6.04 Å². The fourth-order valence-corrected chi connectivity index (χ4v) is 2.73. The van der Waals surface area contributed by atoms with E-state index in [0.717, 1.165) is 24.4 Å². The van der Waals surface area contributed by atoms with Crippen LogP contribution in [0.1, 0.15) is 50.8 Å². The van der Waals surface area contributed by atoms with Crippen LogP contribution < -0.4 is 16.0 Å². The largest absolute Gasteiger partial charge is 0.493 e. The van der Waals surface area contributed by atoms with Crippen LogP contribution in [0.25, 0.3) is 0 Å². The first-order chi connectivity index (χ1) is 9.30. The van der Waals surface area contributed by atoms with Crippen LogP contribution in [0, 0.1) is 0 Å². The average molecular weight is 264 g/mol. The molecule has 1 atom stereocenters. The summed E-state index contributed by atoms with van der Waals surface area (Å²) in [5.74, 6) is 6.56. The van der Waals surface area contributed by atoms with Crippen LogP contribution in [0.3, 0.4) is 0 Å². The second-order valence-corrected chi connectivity index (χ2v) is 4.95. The monoisotopic (exact) mass is 264 g/mol. The number of ether oxygens (including phenoxy) is 1. The van der Waals surface area contributed by atoms with Crippen LogP contribution in [0.5, 0.6) is 5.75 Å². The normalized spacial score (nSPS) is 17.1. The Hall–Kier alpha value is -1.33. The van der Waals surface area contributed by atoms with Crippen molar-refractivity contribution in [2.24, 2.45) is 5.84 Å². The molecule has 3 N–H and O–H groups in total. The van der Waals surface area contributed by atoms with Gasteiger partial charge in [0.1, 0.15) is 0 Å². The molecule has 1 heterocycles. The second-order valence-electron chi connectivity index (χ2n) is 4.95. The molecule has 5 nitrogen and oxygen atoms in total. The molecule has 0 fully saturated rings. The lowest BCUT2D eigenvalue weighted by atomic mass is 9.93. The van der Waals surface area contributed by atoms with E-state index in [1.807, 2.05) is 4.68 Å². The zero-order valence-corrected chi connectivity index (χ0v) is 11.9. The summed E-state index contributed by atoms with van der Waals surface area (Å²) in [6, 6.07) is 0.0572. The Morgan fingerprint density at radius 2 is 2.37 bits per heavy atom. The van der Waals surface area contributed by atoms with Crippen LogP contribution in [0.15, 0.2) is 17.8 Å². The summed E-state index contributed by atoms with van der Waals surface area (Å²) < 4.78 is 7.35. The van der Waals surface area contributed by atoms with Gasteiger partial charge in [0.25, 0.3) is 0 Å². The van der Waals surface area contributed by atoms with Crippen LogP contribution in [0.2, 0.25) is 0 Å². The highest BCUT2D eigenvalue weighted by Gasteiger charge is 2.22. The summed E-state index contributed by atoms with van der Waals surface area (Å²) in [6.45, 7) is 2.89. The van der Waals surface area contributed by atoms with Crippen molar-refractivity contribution in [3.8, 4) is 5.75 Å². The third kappa shape index (κ3) is 3.16. The summed E-state index contributed by atoms with van der Waals surface area (Å²) >= 11 is 0. The molecule has 1 aliphatic rings. The highest BCUT2D eigenvalue weighted by Crippen LogP contribution is 2.31. The number of nitrogens with two attached hydrogens (primary N) is 1. The lowest BCUT2D eigenvalue weighted by molar-refractivity contribution is 0.390. The fourth-order valence-electron chi connectivity index (χ4n) is 2.73. The lowest BCUT2D eigenvalue weighted by Crippen LogP contribution is -2.30. The van der Waals surface area contributed by atoms with Gasteiger partial charge >= 0.3 is 0 Å². The minimum atomic E-state index is 0.0572. The molecule has 0 bridgehead atoms. The summed E-state index contributed by atoms with van der Waals surface area (Å²) in [6.07, 6.45) is 10.0. The van der Waals surface area contributed by atoms with E-state index < -0.39 is 0 Å². The van der Waals surface area contributed by atoms with E-state index in [4.69, 9.17) is 10.6 Å². The third-order valence-electron chi connectivity index (χ3n) is 3.75. The van der Waals surface area contributed by atoms with E-state index in [9.17, 15) is 0 Å². The number of allylic oxidation sites excluding steroid dienone is 1. The maximum Gasteiger partial charge on any atom is 0.161 e. The van der Waals surface area contributed by atoms with Gasteiger partial charge in [-0.3, -0.25) is 16.0 Å². The predicted molar refractivity (Wildman–Crippen MR) is 75.7 cm³/mol. The standard InChI is InChI=1S/C14H24N4O/c1-3-18-14(13(19-2)10-16-18)12(17-15)9-11-7-5-4-6-8-11/h7,10,12,17H,3-6,8-9,15H2,1-2H3. The first kappa shape index (κ1) is 14.1. The molecule has 0 radical (unpaired) electrons. The quantitative estimate of drug-likeness (QED) is 0.470. The minimum absolute atomic E-state index is 0.0572. The van der Waals surface area contributed by atoms with Crippen LogP contribution in [-0.2, 0) is 6.54 Å². The maximum absolute atomic E-state index is 5.75. The Morgan fingerprint density at radius 3 is 2.95 bits per heavy atom. The number of nitrogens with one attached hydrogen (secondary N) is 1. The third-order valence-corrected chi connectivity index (χ3v) is 3.75. The molecule has 0 saturated carbocycles. The van der Waals surface area contributed by atoms with Gasteiger partial charge in [-0.25, -0.2) is 0 Å². The van der Waals surface area contributed by atoms with Crippen molar-refractivity contribution < 1.29 is 4.74 Å². The molecule has 1 aromatic rings. The number of hydrogen-bond donors (Lipinski definition) is 2. The Kier molecular flexibility index (Phi) is 4.99. The number of hydrazine groups is 1. The second kappa shape index (κ2) is 6.73. The van der Waals surface area contributed by atoms with Gasteiger partial charge in [0.15, 0.2) is 5.75 Å². The van der Waals surface area contributed by atoms with E-state index in [1.54, 1.807) is 13.3 Å². The molecular formula is C14H24N4O. The molecule has 19 heavy (non-hydrogen) atoms. The van der Waals surface area contributed by atoms with E-state index in [1.165, 1.54) is 31.3 Å². The van der Waals surface area contributed by atoms with Gasteiger partial charge in [0.2, 0.25) is 0 Å². The first-order valence-corrected chi connectivity index (χ1v) is 7.03. The summed E-state index contributed by atoms with van der Waals surface area (Å²) in [5, 5.41) is 4.34. The van der Waals surface area contributed by atoms with Crippen LogP contribution >= 0.6 is 0 Å². The Labute approximate surface area is 114 Å². The van der Waals surface area contributed by atoms with Gasteiger partial charge in [-0.1, -0.05) is 11.6 Å². The predicted octanol–water partition coefficient (Wildman–Crippen LogP) is 2.31. The van der Waals surface area contributed by atoms with Gasteiger partial charge in [-0.15, -0.1) is 0 Å². The minimum Gasteiger partial charge on any atom is -0.493 e. The summed E-state index contributed by atoms with van der Waals surface area (Å²) in [7, 11) is 1.67. The number of rotatable bonds is 6. The molecule has 0 aromatic carbocycles. The Bertz CT molecular complexity index is 417. The zero-order valence-electron chi connectivity index (χ0n) is 11.9. The molecule has 2 rings (SSSR count). The zero-order chi connectivity index (χ0) is 13.7. The number of nitrogens with zero attached hydrogens (tertiary/aromatic N) is 2. The SMILES string of the molecule is CCn1ncc(OC)c1C(CC1=CCCCC1)NN. The van der Waals surface area contributed by atoms with Gasteiger partial charge in [0, 0.05) is 6.54 Å². The molecule has 1 aromatic heterocycles. The van der Waals surface area contributed by atoms with Crippen LogP contribution in [0.4, 0.5) is 0 Å². The van der Waals surface area contributed by atoms with Gasteiger partial charge < -0.3 is 4.74 Å².